The van der Waals surface area contributed by atoms with Gasteiger partial charge in [0.1, 0.15) is 0 Å². The zero-order valence-electron chi connectivity index (χ0n) is 16.7. The number of hydrogen-bond acceptors (Lipinski definition) is 7. The summed E-state index contributed by atoms with van der Waals surface area (Å²) in [5, 5.41) is 17.6. The summed E-state index contributed by atoms with van der Waals surface area (Å²) >= 11 is 6.22. The molecule has 0 aliphatic rings. The number of amides is 1. The second kappa shape index (κ2) is 12.5. The van der Waals surface area contributed by atoms with Crippen molar-refractivity contribution in [3.05, 3.63) is 22.7 Å². The van der Waals surface area contributed by atoms with E-state index in [0.29, 0.717) is 12.4 Å². The molecule has 1 amide bonds. The Morgan fingerprint density at radius 3 is 2.31 bits per heavy atom. The van der Waals surface area contributed by atoms with Crippen molar-refractivity contribution in [1.29, 1.82) is 10.5 Å². The van der Waals surface area contributed by atoms with Crippen LogP contribution in [0.15, 0.2) is 12.1 Å². The Hall–Kier alpha value is -2.97. The average Bonchev–Trinajstić information content (AvgIpc) is 2.70. The number of nitrogens with zero attached hydrogens (tertiary/aromatic N) is 3. The smallest absolute Gasteiger partial charge is 0.338 e. The summed E-state index contributed by atoms with van der Waals surface area (Å²) in [4.78, 5) is 25.9. The minimum absolute atomic E-state index is 0.108. The molecule has 29 heavy (non-hydrogen) atoms. The van der Waals surface area contributed by atoms with Crippen molar-refractivity contribution in [2.24, 2.45) is 5.92 Å². The lowest BCUT2D eigenvalue weighted by Gasteiger charge is -2.20. The summed E-state index contributed by atoms with van der Waals surface area (Å²) in [6, 6.07) is 6.69. The van der Waals surface area contributed by atoms with Crippen LogP contribution in [0.3, 0.4) is 0 Å². The number of benzene rings is 1. The average molecular weight is 422 g/mol. The Kier molecular flexibility index (Phi) is 10.4. The van der Waals surface area contributed by atoms with Crippen LogP contribution >= 0.6 is 11.6 Å². The Morgan fingerprint density at radius 1 is 1.17 bits per heavy atom. The summed E-state index contributed by atoms with van der Waals surface area (Å²) in [7, 11) is 1.43. The van der Waals surface area contributed by atoms with Gasteiger partial charge >= 0.3 is 5.97 Å². The summed E-state index contributed by atoms with van der Waals surface area (Å²) in [5.74, 6) is -0.361. The number of halogens is 1. The van der Waals surface area contributed by atoms with E-state index in [1.54, 1.807) is 0 Å². The predicted molar refractivity (Wildman–Crippen MR) is 106 cm³/mol. The van der Waals surface area contributed by atoms with Crippen LogP contribution in [-0.4, -0.2) is 50.2 Å². The van der Waals surface area contributed by atoms with E-state index >= 15 is 0 Å². The van der Waals surface area contributed by atoms with Crippen LogP contribution in [0.25, 0.3) is 0 Å². The van der Waals surface area contributed by atoms with Crippen molar-refractivity contribution in [3.63, 3.8) is 0 Å². The molecule has 156 valence electrons. The number of hydrogen-bond donors (Lipinski definition) is 0. The van der Waals surface area contributed by atoms with Crippen LogP contribution in [0.2, 0.25) is 5.02 Å². The lowest BCUT2D eigenvalue weighted by Crippen LogP contribution is -2.36. The summed E-state index contributed by atoms with van der Waals surface area (Å²) in [5.41, 5.74) is 0.108. The van der Waals surface area contributed by atoms with Crippen molar-refractivity contribution >= 4 is 23.5 Å². The van der Waals surface area contributed by atoms with E-state index in [9.17, 15) is 9.59 Å². The van der Waals surface area contributed by atoms with Gasteiger partial charge in [-0.25, -0.2) is 4.79 Å². The Balaban J connectivity index is 2.83. The number of esters is 1. The highest BCUT2D eigenvalue weighted by Crippen LogP contribution is 2.36. The van der Waals surface area contributed by atoms with Gasteiger partial charge < -0.3 is 19.1 Å². The van der Waals surface area contributed by atoms with Gasteiger partial charge in [-0.2, -0.15) is 10.5 Å². The molecule has 8 nitrogen and oxygen atoms in total. The maximum Gasteiger partial charge on any atom is 0.338 e. The molecule has 0 N–H and O–H groups in total. The number of ether oxygens (including phenoxy) is 3. The molecule has 0 aliphatic carbocycles. The quantitative estimate of drug-likeness (QED) is 0.504. The minimum Gasteiger partial charge on any atom is -0.493 e. The topological polar surface area (TPSA) is 113 Å². The van der Waals surface area contributed by atoms with E-state index < -0.39 is 18.5 Å². The third kappa shape index (κ3) is 7.89. The molecule has 1 aromatic carbocycles. The zero-order chi connectivity index (χ0) is 21.8. The molecule has 0 saturated carbocycles. The number of rotatable bonds is 11. The molecule has 0 atom stereocenters. The third-order valence-electron chi connectivity index (χ3n) is 3.69. The van der Waals surface area contributed by atoms with Crippen molar-refractivity contribution in [3.8, 4) is 23.6 Å². The van der Waals surface area contributed by atoms with E-state index in [1.807, 2.05) is 26.0 Å². The number of carbonyl (C=O) groups excluding carboxylic acids is 2. The van der Waals surface area contributed by atoms with Gasteiger partial charge in [0.05, 0.1) is 49.3 Å². The van der Waals surface area contributed by atoms with Gasteiger partial charge in [0.25, 0.3) is 5.91 Å². The van der Waals surface area contributed by atoms with Crippen LogP contribution < -0.4 is 9.47 Å². The Bertz CT molecular complexity index is 781. The fraction of sp³-hybridized carbons (Fsp3) is 0.500. The van der Waals surface area contributed by atoms with Crippen molar-refractivity contribution in [2.75, 3.05) is 33.4 Å². The van der Waals surface area contributed by atoms with Gasteiger partial charge in [-0.15, -0.1) is 0 Å². The molecular formula is C20H24ClN3O5. The summed E-state index contributed by atoms with van der Waals surface area (Å²) < 4.78 is 16.0. The van der Waals surface area contributed by atoms with Crippen LogP contribution in [-0.2, 0) is 9.53 Å². The predicted octanol–water partition coefficient (Wildman–Crippen LogP) is 3.20. The highest BCUT2D eigenvalue weighted by Gasteiger charge is 2.20. The highest BCUT2D eigenvalue weighted by molar-refractivity contribution is 6.32. The third-order valence-corrected chi connectivity index (χ3v) is 3.97. The molecule has 9 heteroatoms. The molecule has 0 spiro atoms. The lowest BCUT2D eigenvalue weighted by molar-refractivity contribution is -0.134. The number of methoxy groups -OCH3 is 1. The lowest BCUT2D eigenvalue weighted by atomic mass is 10.2. The first-order valence-corrected chi connectivity index (χ1v) is 9.40. The zero-order valence-corrected chi connectivity index (χ0v) is 17.5. The minimum atomic E-state index is -0.755. The SMILES string of the molecule is COc1cc(C(=O)OCC(=O)N(CCC#N)CCC#N)cc(Cl)c1OCC(C)C. The molecule has 1 aromatic rings. The second-order valence-electron chi connectivity index (χ2n) is 6.47. The van der Waals surface area contributed by atoms with Gasteiger partial charge in [0.15, 0.2) is 18.1 Å². The van der Waals surface area contributed by atoms with E-state index in [-0.39, 0.29) is 48.2 Å². The number of nitriles is 2. The van der Waals surface area contributed by atoms with E-state index in [1.165, 1.54) is 24.1 Å². The maximum atomic E-state index is 12.3. The standard InChI is InChI=1S/C20H24ClN3O5/c1-14(2)12-28-19-16(21)10-15(11-17(19)27-3)20(26)29-13-18(25)24(8-4-6-22)9-5-7-23/h10-11,14H,4-5,8-9,12-13H2,1-3H3. The van der Waals surface area contributed by atoms with Crippen LogP contribution in [0, 0.1) is 28.6 Å². The molecule has 0 aromatic heterocycles. The van der Waals surface area contributed by atoms with Gasteiger partial charge in [-0.05, 0) is 18.1 Å². The summed E-state index contributed by atoms with van der Waals surface area (Å²) in [6.45, 7) is 4.21. The van der Waals surface area contributed by atoms with E-state index in [2.05, 4.69) is 0 Å². The van der Waals surface area contributed by atoms with Gasteiger partial charge in [-0.1, -0.05) is 25.4 Å². The van der Waals surface area contributed by atoms with E-state index in [4.69, 9.17) is 36.3 Å². The van der Waals surface area contributed by atoms with E-state index in [0.717, 1.165) is 0 Å². The van der Waals surface area contributed by atoms with Crippen LogP contribution in [0.5, 0.6) is 11.5 Å². The molecule has 0 radical (unpaired) electrons. The summed E-state index contributed by atoms with van der Waals surface area (Å²) in [6.07, 6.45) is 0.242. The maximum absolute atomic E-state index is 12.3. The molecule has 0 saturated heterocycles. The normalized spacial score (nSPS) is 10.0. The molecule has 0 heterocycles. The Labute approximate surface area is 175 Å². The molecule has 0 aliphatic heterocycles. The number of carbonyl (C=O) groups is 2. The molecule has 0 unspecified atom stereocenters. The second-order valence-corrected chi connectivity index (χ2v) is 6.87. The first-order chi connectivity index (χ1) is 13.8. The van der Waals surface area contributed by atoms with Gasteiger partial charge in [0.2, 0.25) is 0 Å². The molecular weight excluding hydrogens is 398 g/mol. The van der Waals surface area contributed by atoms with Gasteiger partial charge in [-0.3, -0.25) is 4.79 Å². The highest BCUT2D eigenvalue weighted by atomic mass is 35.5. The Morgan fingerprint density at radius 2 is 1.79 bits per heavy atom. The fourth-order valence-electron chi connectivity index (χ4n) is 2.26. The largest absolute Gasteiger partial charge is 0.493 e. The molecule has 1 rings (SSSR count). The first kappa shape index (κ1) is 24.1. The van der Waals surface area contributed by atoms with Gasteiger partial charge in [0, 0.05) is 13.1 Å². The monoisotopic (exact) mass is 421 g/mol. The fourth-order valence-corrected chi connectivity index (χ4v) is 2.53. The molecule has 0 fully saturated rings. The van der Waals surface area contributed by atoms with Crippen LogP contribution in [0.4, 0.5) is 0 Å². The van der Waals surface area contributed by atoms with Crippen molar-refractivity contribution in [1.82, 2.24) is 4.90 Å². The molecule has 0 bridgehead atoms. The van der Waals surface area contributed by atoms with Crippen molar-refractivity contribution < 1.29 is 23.8 Å². The first-order valence-electron chi connectivity index (χ1n) is 9.03. The van der Waals surface area contributed by atoms with Crippen LogP contribution in [0.1, 0.15) is 37.0 Å². The van der Waals surface area contributed by atoms with Crippen molar-refractivity contribution in [2.45, 2.75) is 26.7 Å².